The van der Waals surface area contributed by atoms with Crippen molar-refractivity contribution in [2.75, 3.05) is 0 Å². The molecule has 0 aliphatic heterocycles. The lowest BCUT2D eigenvalue weighted by atomic mass is 9.62. The van der Waals surface area contributed by atoms with Gasteiger partial charge in [0.1, 0.15) is 0 Å². The predicted octanol–water partition coefficient (Wildman–Crippen LogP) is 2.75. The van der Waals surface area contributed by atoms with Crippen LogP contribution in [0.5, 0.6) is 0 Å². The number of hydrogen-bond acceptors (Lipinski definition) is 3. The van der Waals surface area contributed by atoms with Gasteiger partial charge in [0.05, 0.1) is 17.1 Å². The summed E-state index contributed by atoms with van der Waals surface area (Å²) in [6.07, 6.45) is 0.138. The normalized spacial score (nSPS) is 32.8. The van der Waals surface area contributed by atoms with Gasteiger partial charge >= 0.3 is 5.97 Å². The van der Waals surface area contributed by atoms with E-state index in [9.17, 15) is 20.1 Å². The fourth-order valence-electron chi connectivity index (χ4n) is 3.44. The smallest absolute Gasteiger partial charge is 0.310 e. The Morgan fingerprint density at radius 1 is 1.19 bits per heavy atom. The first-order valence-corrected chi connectivity index (χ1v) is 7.33. The highest BCUT2D eigenvalue weighted by Gasteiger charge is 2.63. The van der Waals surface area contributed by atoms with Crippen molar-refractivity contribution in [2.45, 2.75) is 51.7 Å². The largest absolute Gasteiger partial charge is 0.481 e. The number of carbonyl (C=O) groups is 1. The Balaban J connectivity index is 2.26. The highest BCUT2D eigenvalue weighted by atomic mass is 16.4. The maximum atomic E-state index is 11.6. The lowest BCUT2D eigenvalue weighted by Gasteiger charge is -2.44. The molecule has 1 aliphatic carbocycles. The van der Waals surface area contributed by atoms with Crippen LogP contribution in [-0.2, 0) is 4.79 Å². The Morgan fingerprint density at radius 3 is 2.24 bits per heavy atom. The van der Waals surface area contributed by atoms with Crippen LogP contribution < -0.4 is 0 Å². The van der Waals surface area contributed by atoms with Crippen LogP contribution in [0.1, 0.15) is 51.7 Å². The number of carboxylic acids is 1. The van der Waals surface area contributed by atoms with Crippen molar-refractivity contribution >= 4 is 5.97 Å². The Hall–Kier alpha value is -1.39. The van der Waals surface area contributed by atoms with Crippen molar-refractivity contribution in [3.63, 3.8) is 0 Å². The van der Waals surface area contributed by atoms with Gasteiger partial charge in [-0.2, -0.15) is 0 Å². The molecule has 0 heterocycles. The average Bonchev–Trinajstić information content (AvgIpc) is 2.61. The van der Waals surface area contributed by atoms with Gasteiger partial charge in [-0.3, -0.25) is 4.79 Å². The molecule has 0 saturated heterocycles. The molecule has 2 rings (SSSR count). The van der Waals surface area contributed by atoms with E-state index in [-0.39, 0.29) is 6.42 Å². The molecule has 1 aromatic rings. The zero-order valence-corrected chi connectivity index (χ0v) is 12.8. The number of benzene rings is 1. The Bertz CT molecular complexity index is 525. The highest BCUT2D eigenvalue weighted by Crippen LogP contribution is 2.60. The monoisotopic (exact) mass is 292 g/mol. The Labute approximate surface area is 125 Å². The second kappa shape index (κ2) is 5.11. The minimum absolute atomic E-state index is 0.146. The van der Waals surface area contributed by atoms with Gasteiger partial charge in [-0.25, -0.2) is 0 Å². The molecule has 0 unspecified atom stereocenters. The van der Waals surface area contributed by atoms with E-state index in [1.54, 1.807) is 20.8 Å². The van der Waals surface area contributed by atoms with Crippen LogP contribution in [0.15, 0.2) is 30.3 Å². The molecular formula is C17H24O4. The fourth-order valence-corrected chi connectivity index (χ4v) is 3.44. The van der Waals surface area contributed by atoms with Crippen LogP contribution in [0, 0.1) is 10.8 Å². The fraction of sp³-hybridized carbons (Fsp3) is 0.588. The van der Waals surface area contributed by atoms with Gasteiger partial charge in [0.15, 0.2) is 0 Å². The first kappa shape index (κ1) is 16.0. The van der Waals surface area contributed by atoms with Crippen LogP contribution >= 0.6 is 0 Å². The lowest BCUT2D eigenvalue weighted by molar-refractivity contribution is -0.164. The van der Waals surface area contributed by atoms with Crippen LogP contribution in [-0.4, -0.2) is 26.9 Å². The van der Waals surface area contributed by atoms with Crippen LogP contribution in [0.2, 0.25) is 0 Å². The standard InChI is InChI=1S/C17H24O4/c1-15(2)16(3,14(19)20)9-10-17(15,21)11-13(18)12-7-5-4-6-8-12/h4-8,13,18,21H,9-11H2,1-3H3,(H,19,20)/t13-,16-,17-/m0/s1. The Kier molecular flexibility index (Phi) is 3.89. The second-order valence-electron chi connectivity index (χ2n) is 6.92. The van der Waals surface area contributed by atoms with Crippen molar-refractivity contribution in [3.8, 4) is 0 Å². The molecule has 21 heavy (non-hydrogen) atoms. The zero-order chi connectivity index (χ0) is 15.9. The van der Waals surface area contributed by atoms with Gasteiger partial charge in [0.2, 0.25) is 0 Å². The molecule has 0 spiro atoms. The van der Waals surface area contributed by atoms with Crippen LogP contribution in [0.25, 0.3) is 0 Å². The minimum atomic E-state index is -1.20. The van der Waals surface area contributed by atoms with Gasteiger partial charge in [-0.15, -0.1) is 0 Å². The maximum absolute atomic E-state index is 11.6. The third kappa shape index (κ3) is 2.36. The van der Waals surface area contributed by atoms with Crippen LogP contribution in [0.3, 0.4) is 0 Å². The molecular weight excluding hydrogens is 268 g/mol. The number of aliphatic hydroxyl groups excluding tert-OH is 1. The Morgan fingerprint density at radius 2 is 1.76 bits per heavy atom. The van der Waals surface area contributed by atoms with Gasteiger partial charge in [0, 0.05) is 11.8 Å². The summed E-state index contributed by atoms with van der Waals surface area (Å²) >= 11 is 0. The maximum Gasteiger partial charge on any atom is 0.310 e. The summed E-state index contributed by atoms with van der Waals surface area (Å²) in [6, 6.07) is 9.16. The SMILES string of the molecule is CC1(C)[C@@](O)(C[C@H](O)c2ccccc2)CC[C@@]1(C)C(=O)O. The van der Waals surface area contributed by atoms with E-state index in [2.05, 4.69) is 0 Å². The van der Waals surface area contributed by atoms with E-state index in [1.807, 2.05) is 30.3 Å². The summed E-state index contributed by atoms with van der Waals surface area (Å²) in [5.41, 5.74) is -2.26. The van der Waals surface area contributed by atoms with Crippen molar-refractivity contribution in [1.82, 2.24) is 0 Å². The van der Waals surface area contributed by atoms with Gasteiger partial charge in [0.25, 0.3) is 0 Å². The molecule has 0 amide bonds. The average molecular weight is 292 g/mol. The lowest BCUT2D eigenvalue weighted by Crippen LogP contribution is -2.50. The number of aliphatic carboxylic acids is 1. The first-order valence-electron chi connectivity index (χ1n) is 7.33. The summed E-state index contributed by atoms with van der Waals surface area (Å²) in [5, 5.41) is 30.9. The molecule has 0 aromatic heterocycles. The molecule has 1 saturated carbocycles. The highest BCUT2D eigenvalue weighted by molar-refractivity contribution is 5.76. The number of hydrogen-bond donors (Lipinski definition) is 3. The first-order chi connectivity index (χ1) is 9.64. The summed E-state index contributed by atoms with van der Waals surface area (Å²) in [4.78, 5) is 11.6. The molecule has 1 aromatic carbocycles. The van der Waals surface area contributed by atoms with Gasteiger partial charge in [-0.1, -0.05) is 44.2 Å². The second-order valence-corrected chi connectivity index (χ2v) is 6.92. The van der Waals surface area contributed by atoms with E-state index in [0.717, 1.165) is 5.56 Å². The van der Waals surface area contributed by atoms with E-state index in [1.165, 1.54) is 0 Å². The molecule has 0 radical (unpaired) electrons. The number of rotatable bonds is 4. The molecule has 0 bridgehead atoms. The third-order valence-electron chi connectivity index (χ3n) is 5.77. The minimum Gasteiger partial charge on any atom is -0.481 e. The summed E-state index contributed by atoms with van der Waals surface area (Å²) < 4.78 is 0. The van der Waals surface area contributed by atoms with Crippen LogP contribution in [0.4, 0.5) is 0 Å². The van der Waals surface area contributed by atoms with E-state index in [4.69, 9.17) is 0 Å². The van der Waals surface area contributed by atoms with Gasteiger partial charge < -0.3 is 15.3 Å². The topological polar surface area (TPSA) is 77.8 Å². The van der Waals surface area contributed by atoms with Gasteiger partial charge in [-0.05, 0) is 25.3 Å². The predicted molar refractivity (Wildman–Crippen MR) is 79.7 cm³/mol. The van der Waals surface area contributed by atoms with Crippen molar-refractivity contribution in [1.29, 1.82) is 0 Å². The number of aliphatic hydroxyl groups is 2. The quantitative estimate of drug-likeness (QED) is 0.797. The number of carboxylic acid groups (broad SMARTS) is 1. The molecule has 4 heteroatoms. The summed E-state index contributed by atoms with van der Waals surface area (Å²) in [6.45, 7) is 5.25. The van der Waals surface area contributed by atoms with Crippen molar-refractivity contribution in [2.24, 2.45) is 10.8 Å². The summed E-state index contributed by atoms with van der Waals surface area (Å²) in [5.74, 6) is -0.891. The van der Waals surface area contributed by atoms with E-state index in [0.29, 0.717) is 12.8 Å². The zero-order valence-electron chi connectivity index (χ0n) is 12.8. The molecule has 3 N–H and O–H groups in total. The van der Waals surface area contributed by atoms with E-state index < -0.39 is 28.5 Å². The summed E-state index contributed by atoms with van der Waals surface area (Å²) in [7, 11) is 0. The molecule has 116 valence electrons. The molecule has 4 nitrogen and oxygen atoms in total. The van der Waals surface area contributed by atoms with Crippen molar-refractivity contribution in [3.05, 3.63) is 35.9 Å². The van der Waals surface area contributed by atoms with E-state index >= 15 is 0 Å². The van der Waals surface area contributed by atoms with Crippen molar-refractivity contribution < 1.29 is 20.1 Å². The molecule has 1 aliphatic rings. The third-order valence-corrected chi connectivity index (χ3v) is 5.77. The molecule has 1 fully saturated rings. The molecule has 3 atom stereocenters.